The summed E-state index contributed by atoms with van der Waals surface area (Å²) in [5.41, 5.74) is 3.28. The largest absolute Gasteiger partial charge is 0.354 e. The topological polar surface area (TPSA) is 54.0 Å². The number of aryl methyl sites for hydroxylation is 1. The second-order valence-electron chi connectivity index (χ2n) is 5.33. The van der Waals surface area contributed by atoms with E-state index in [1.807, 2.05) is 24.3 Å². The van der Waals surface area contributed by atoms with Crippen molar-refractivity contribution in [3.05, 3.63) is 48.2 Å². The fourth-order valence-electron chi connectivity index (χ4n) is 2.22. The van der Waals surface area contributed by atoms with Crippen LogP contribution in [0.5, 0.6) is 0 Å². The van der Waals surface area contributed by atoms with Crippen LogP contribution in [0.2, 0.25) is 0 Å². The van der Waals surface area contributed by atoms with Gasteiger partial charge in [0.2, 0.25) is 5.91 Å². The van der Waals surface area contributed by atoms with Crippen molar-refractivity contribution in [3.63, 3.8) is 0 Å². The van der Waals surface area contributed by atoms with Crippen LogP contribution in [0.15, 0.2) is 42.6 Å². The molecular formula is C17H19N3O. The molecule has 1 amide bonds. The van der Waals surface area contributed by atoms with Crippen LogP contribution < -0.4 is 10.6 Å². The number of anilines is 3. The Labute approximate surface area is 124 Å². The van der Waals surface area contributed by atoms with Gasteiger partial charge in [0, 0.05) is 11.6 Å². The third kappa shape index (κ3) is 3.40. The predicted molar refractivity (Wildman–Crippen MR) is 84.7 cm³/mol. The second kappa shape index (κ2) is 5.95. The number of hydrogen-bond donors (Lipinski definition) is 2. The summed E-state index contributed by atoms with van der Waals surface area (Å²) in [6.45, 7) is 2.13. The number of nitrogens with zero attached hydrogens (tertiary/aromatic N) is 1. The lowest BCUT2D eigenvalue weighted by molar-refractivity contribution is -0.117. The monoisotopic (exact) mass is 281 g/mol. The first-order chi connectivity index (χ1) is 10.3. The average Bonchev–Trinajstić information content (AvgIpc) is 3.34. The van der Waals surface area contributed by atoms with Gasteiger partial charge in [0.15, 0.2) is 0 Å². The number of hydrogen-bond acceptors (Lipinski definition) is 3. The molecule has 4 heteroatoms. The molecule has 0 saturated heterocycles. The Hall–Kier alpha value is -2.36. The maximum Gasteiger partial charge on any atom is 0.228 e. The Kier molecular flexibility index (Phi) is 3.86. The highest BCUT2D eigenvalue weighted by atomic mass is 16.2. The van der Waals surface area contributed by atoms with Gasteiger partial charge in [-0.15, -0.1) is 0 Å². The van der Waals surface area contributed by atoms with Crippen molar-refractivity contribution >= 4 is 23.1 Å². The van der Waals surface area contributed by atoms with Crippen LogP contribution in [0, 0.1) is 5.92 Å². The molecular weight excluding hydrogens is 262 g/mol. The molecule has 1 aliphatic carbocycles. The van der Waals surface area contributed by atoms with Crippen molar-refractivity contribution in [1.29, 1.82) is 0 Å². The lowest BCUT2D eigenvalue weighted by atomic mass is 10.1. The number of benzene rings is 1. The van der Waals surface area contributed by atoms with E-state index in [-0.39, 0.29) is 11.8 Å². The van der Waals surface area contributed by atoms with Crippen molar-refractivity contribution in [2.45, 2.75) is 26.2 Å². The summed E-state index contributed by atoms with van der Waals surface area (Å²) in [6.07, 6.45) is 4.72. The van der Waals surface area contributed by atoms with Crippen LogP contribution in [0.1, 0.15) is 25.3 Å². The number of para-hydroxylation sites is 1. The second-order valence-corrected chi connectivity index (χ2v) is 5.33. The molecule has 0 spiro atoms. The molecule has 0 bridgehead atoms. The highest BCUT2D eigenvalue weighted by molar-refractivity contribution is 5.93. The van der Waals surface area contributed by atoms with E-state index in [0.717, 1.165) is 30.6 Å². The van der Waals surface area contributed by atoms with E-state index in [0.29, 0.717) is 5.82 Å². The third-order valence-corrected chi connectivity index (χ3v) is 3.64. The Morgan fingerprint density at radius 3 is 2.71 bits per heavy atom. The first-order valence-electron chi connectivity index (χ1n) is 7.38. The molecule has 3 rings (SSSR count). The van der Waals surface area contributed by atoms with E-state index in [9.17, 15) is 4.79 Å². The van der Waals surface area contributed by atoms with Gasteiger partial charge in [0.1, 0.15) is 5.82 Å². The van der Waals surface area contributed by atoms with E-state index < -0.39 is 0 Å². The van der Waals surface area contributed by atoms with E-state index in [1.165, 1.54) is 5.56 Å². The molecule has 2 N–H and O–H groups in total. The van der Waals surface area contributed by atoms with Crippen molar-refractivity contribution in [2.75, 3.05) is 10.6 Å². The normalized spacial score (nSPS) is 13.8. The van der Waals surface area contributed by atoms with Crippen LogP contribution in [0.25, 0.3) is 0 Å². The molecule has 2 aromatic rings. The van der Waals surface area contributed by atoms with Crippen LogP contribution in [-0.4, -0.2) is 10.9 Å². The molecule has 0 unspecified atom stereocenters. The quantitative estimate of drug-likeness (QED) is 0.878. The summed E-state index contributed by atoms with van der Waals surface area (Å²) >= 11 is 0. The lowest BCUT2D eigenvalue weighted by Crippen LogP contribution is -2.14. The molecule has 1 aromatic heterocycles. The Morgan fingerprint density at radius 2 is 2.05 bits per heavy atom. The number of carbonyl (C=O) groups excluding carboxylic acids is 1. The minimum atomic E-state index is 0.0829. The van der Waals surface area contributed by atoms with Gasteiger partial charge in [0.05, 0.1) is 11.9 Å². The zero-order chi connectivity index (χ0) is 14.7. The molecule has 21 heavy (non-hydrogen) atoms. The number of carbonyl (C=O) groups is 1. The molecule has 0 atom stereocenters. The summed E-state index contributed by atoms with van der Waals surface area (Å²) in [4.78, 5) is 16.0. The highest BCUT2D eigenvalue weighted by Crippen LogP contribution is 2.30. The smallest absolute Gasteiger partial charge is 0.228 e. The SMILES string of the molecule is CCc1ccccc1Nc1ccc(NC(=O)C2CC2)nc1. The summed E-state index contributed by atoms with van der Waals surface area (Å²) in [7, 11) is 0. The summed E-state index contributed by atoms with van der Waals surface area (Å²) < 4.78 is 0. The fraction of sp³-hybridized carbons (Fsp3) is 0.294. The summed E-state index contributed by atoms with van der Waals surface area (Å²) in [5.74, 6) is 0.891. The lowest BCUT2D eigenvalue weighted by Gasteiger charge is -2.11. The minimum absolute atomic E-state index is 0.0829. The molecule has 4 nitrogen and oxygen atoms in total. The average molecular weight is 281 g/mol. The molecule has 1 aliphatic rings. The van der Waals surface area contributed by atoms with Crippen LogP contribution >= 0.6 is 0 Å². The Morgan fingerprint density at radius 1 is 1.24 bits per heavy atom. The van der Waals surface area contributed by atoms with Crippen molar-refractivity contribution < 1.29 is 4.79 Å². The Balaban J connectivity index is 1.67. The van der Waals surface area contributed by atoms with Gasteiger partial charge in [-0.1, -0.05) is 25.1 Å². The first-order valence-corrected chi connectivity index (χ1v) is 7.38. The standard InChI is InChI=1S/C17H19N3O/c1-2-12-5-3-4-6-15(12)19-14-9-10-16(18-11-14)20-17(21)13-7-8-13/h3-6,9-11,13,19H,2,7-8H2,1H3,(H,18,20,21). The fourth-order valence-corrected chi connectivity index (χ4v) is 2.22. The summed E-state index contributed by atoms with van der Waals surface area (Å²) in [5, 5.41) is 6.20. The first kappa shape index (κ1) is 13.6. The van der Waals surface area contributed by atoms with Gasteiger partial charge in [-0.05, 0) is 43.0 Å². The van der Waals surface area contributed by atoms with Gasteiger partial charge in [-0.3, -0.25) is 4.79 Å². The van der Waals surface area contributed by atoms with Gasteiger partial charge in [-0.2, -0.15) is 0 Å². The van der Waals surface area contributed by atoms with Crippen LogP contribution in [0.3, 0.4) is 0 Å². The molecule has 0 radical (unpaired) electrons. The number of amides is 1. The molecule has 1 aromatic carbocycles. The van der Waals surface area contributed by atoms with Gasteiger partial charge in [0.25, 0.3) is 0 Å². The number of aromatic nitrogens is 1. The molecule has 0 aliphatic heterocycles. The maximum atomic E-state index is 11.7. The zero-order valence-corrected chi connectivity index (χ0v) is 12.1. The molecule has 1 saturated carbocycles. The van der Waals surface area contributed by atoms with Crippen molar-refractivity contribution in [2.24, 2.45) is 5.92 Å². The zero-order valence-electron chi connectivity index (χ0n) is 12.1. The van der Waals surface area contributed by atoms with Gasteiger partial charge in [-0.25, -0.2) is 4.98 Å². The number of rotatable bonds is 5. The molecule has 1 fully saturated rings. The van der Waals surface area contributed by atoms with E-state index >= 15 is 0 Å². The molecule has 108 valence electrons. The van der Waals surface area contributed by atoms with Crippen molar-refractivity contribution in [1.82, 2.24) is 4.98 Å². The van der Waals surface area contributed by atoms with Crippen molar-refractivity contribution in [3.8, 4) is 0 Å². The van der Waals surface area contributed by atoms with Gasteiger partial charge < -0.3 is 10.6 Å². The number of pyridine rings is 1. The highest BCUT2D eigenvalue weighted by Gasteiger charge is 2.29. The minimum Gasteiger partial charge on any atom is -0.354 e. The van der Waals surface area contributed by atoms with E-state index in [4.69, 9.17) is 0 Å². The van der Waals surface area contributed by atoms with E-state index in [1.54, 1.807) is 6.20 Å². The van der Waals surface area contributed by atoms with Crippen LogP contribution in [-0.2, 0) is 11.2 Å². The summed E-state index contributed by atoms with van der Waals surface area (Å²) in [6, 6.07) is 12.0. The number of nitrogens with one attached hydrogen (secondary N) is 2. The van der Waals surface area contributed by atoms with E-state index in [2.05, 4.69) is 34.7 Å². The van der Waals surface area contributed by atoms with Gasteiger partial charge >= 0.3 is 0 Å². The predicted octanol–water partition coefficient (Wildman–Crippen LogP) is 3.74. The third-order valence-electron chi connectivity index (χ3n) is 3.64. The van der Waals surface area contributed by atoms with Crippen LogP contribution in [0.4, 0.5) is 17.2 Å². The Bertz CT molecular complexity index is 633. The maximum absolute atomic E-state index is 11.7. The molecule has 1 heterocycles.